The molecule has 0 saturated heterocycles. The average molecular weight is 286 g/mol. The van der Waals surface area contributed by atoms with Gasteiger partial charge in [0.25, 0.3) is 0 Å². The fourth-order valence-electron chi connectivity index (χ4n) is 3.25. The van der Waals surface area contributed by atoms with Gasteiger partial charge in [0.05, 0.1) is 12.7 Å². The van der Waals surface area contributed by atoms with Crippen molar-refractivity contribution in [1.29, 1.82) is 0 Å². The number of benzene rings is 1. The van der Waals surface area contributed by atoms with E-state index >= 15 is 0 Å². The van der Waals surface area contributed by atoms with Crippen molar-refractivity contribution in [2.45, 2.75) is 24.9 Å². The van der Waals surface area contributed by atoms with Crippen LogP contribution in [0.2, 0.25) is 0 Å². The molecular weight excluding hydrogens is 268 g/mol. The molecule has 3 unspecified atom stereocenters. The SMILES string of the molecule is COc1ccc(C(=O)OC2(C=O)CC3C=CC2CC3)cc1. The number of allylic oxidation sites excluding steroid dienone is 1. The zero-order chi connectivity index (χ0) is 14.9. The predicted molar refractivity (Wildman–Crippen MR) is 77.2 cm³/mol. The topological polar surface area (TPSA) is 52.6 Å². The number of carbonyl (C=O) groups excluding carboxylic acids is 2. The molecule has 1 saturated carbocycles. The molecule has 3 atom stereocenters. The maximum Gasteiger partial charge on any atom is 0.339 e. The molecule has 0 spiro atoms. The summed E-state index contributed by atoms with van der Waals surface area (Å²) >= 11 is 0. The van der Waals surface area contributed by atoms with Gasteiger partial charge >= 0.3 is 5.97 Å². The summed E-state index contributed by atoms with van der Waals surface area (Å²) < 4.78 is 10.7. The molecule has 0 radical (unpaired) electrons. The summed E-state index contributed by atoms with van der Waals surface area (Å²) in [4.78, 5) is 23.9. The molecule has 0 amide bonds. The molecule has 110 valence electrons. The molecule has 1 aromatic rings. The number of carbonyl (C=O) groups is 2. The summed E-state index contributed by atoms with van der Waals surface area (Å²) in [5.41, 5.74) is -0.559. The molecule has 4 heteroatoms. The van der Waals surface area contributed by atoms with Gasteiger partial charge in [-0.1, -0.05) is 12.2 Å². The quantitative estimate of drug-likeness (QED) is 0.485. The Balaban J connectivity index is 1.79. The molecule has 0 aromatic heterocycles. The van der Waals surface area contributed by atoms with Crippen LogP contribution in [0.25, 0.3) is 0 Å². The van der Waals surface area contributed by atoms with Crippen molar-refractivity contribution in [3.05, 3.63) is 42.0 Å². The summed E-state index contributed by atoms with van der Waals surface area (Å²) in [5, 5.41) is 0. The minimum absolute atomic E-state index is 0.00204. The maximum absolute atomic E-state index is 12.3. The van der Waals surface area contributed by atoms with E-state index in [1.807, 2.05) is 6.08 Å². The number of fused-ring (bicyclic) bond motifs is 2. The Kier molecular flexibility index (Phi) is 3.53. The van der Waals surface area contributed by atoms with Gasteiger partial charge in [0.2, 0.25) is 0 Å². The van der Waals surface area contributed by atoms with E-state index in [0.29, 0.717) is 23.7 Å². The molecule has 1 fully saturated rings. The number of methoxy groups -OCH3 is 1. The van der Waals surface area contributed by atoms with Crippen LogP contribution in [0, 0.1) is 11.8 Å². The summed E-state index contributed by atoms with van der Waals surface area (Å²) in [6, 6.07) is 6.71. The van der Waals surface area contributed by atoms with Gasteiger partial charge in [-0.2, -0.15) is 0 Å². The standard InChI is InChI=1S/C17H18O4/c1-20-15-8-4-13(5-9-15)16(19)21-17(11-18)10-12-2-6-14(17)7-3-12/h2,4-6,8-9,11-12,14H,3,7,10H2,1H3. The van der Waals surface area contributed by atoms with Crippen LogP contribution >= 0.6 is 0 Å². The van der Waals surface area contributed by atoms with E-state index in [2.05, 4.69) is 6.08 Å². The van der Waals surface area contributed by atoms with Crippen molar-refractivity contribution < 1.29 is 19.1 Å². The van der Waals surface area contributed by atoms with Crippen LogP contribution in [0.5, 0.6) is 5.75 Å². The lowest BCUT2D eigenvalue weighted by Crippen LogP contribution is -2.49. The number of hydrogen-bond donors (Lipinski definition) is 0. The first-order valence-corrected chi connectivity index (χ1v) is 7.19. The number of rotatable bonds is 4. The van der Waals surface area contributed by atoms with E-state index in [9.17, 15) is 9.59 Å². The summed E-state index contributed by atoms with van der Waals surface area (Å²) in [6.07, 6.45) is 7.53. The van der Waals surface area contributed by atoms with Crippen LogP contribution in [0.3, 0.4) is 0 Å². The van der Waals surface area contributed by atoms with Gasteiger partial charge in [0, 0.05) is 12.3 Å². The van der Waals surface area contributed by atoms with Crippen LogP contribution in [0.1, 0.15) is 29.6 Å². The van der Waals surface area contributed by atoms with Gasteiger partial charge in [0.15, 0.2) is 11.9 Å². The largest absolute Gasteiger partial charge is 0.497 e. The van der Waals surface area contributed by atoms with Crippen LogP contribution in [-0.4, -0.2) is 25.0 Å². The first-order chi connectivity index (χ1) is 10.2. The van der Waals surface area contributed by atoms with E-state index in [1.165, 1.54) is 0 Å². The highest BCUT2D eigenvalue weighted by Crippen LogP contribution is 2.44. The van der Waals surface area contributed by atoms with E-state index in [1.54, 1.807) is 31.4 Å². The second-order valence-electron chi connectivity index (χ2n) is 5.72. The molecule has 0 aliphatic heterocycles. The normalized spacial score (nSPS) is 30.0. The van der Waals surface area contributed by atoms with Crippen LogP contribution in [0.15, 0.2) is 36.4 Å². The second kappa shape index (κ2) is 5.35. The molecule has 3 aliphatic carbocycles. The third-order valence-corrected chi connectivity index (χ3v) is 4.48. The Hall–Kier alpha value is -2.10. The molecule has 3 aliphatic rings. The van der Waals surface area contributed by atoms with E-state index in [0.717, 1.165) is 19.1 Å². The highest BCUT2D eigenvalue weighted by Gasteiger charge is 2.48. The highest BCUT2D eigenvalue weighted by atomic mass is 16.6. The monoisotopic (exact) mass is 286 g/mol. The molecule has 21 heavy (non-hydrogen) atoms. The fourth-order valence-corrected chi connectivity index (χ4v) is 3.25. The van der Waals surface area contributed by atoms with Gasteiger partial charge in [-0.15, -0.1) is 0 Å². The summed E-state index contributed by atoms with van der Waals surface area (Å²) in [7, 11) is 1.57. The van der Waals surface area contributed by atoms with Crippen LogP contribution in [-0.2, 0) is 9.53 Å². The Bertz CT molecular complexity index is 575. The lowest BCUT2D eigenvalue weighted by Gasteiger charge is -2.44. The highest BCUT2D eigenvalue weighted by molar-refractivity contribution is 5.91. The Morgan fingerprint density at radius 1 is 1.24 bits per heavy atom. The minimum Gasteiger partial charge on any atom is -0.497 e. The average Bonchev–Trinajstić information content (AvgIpc) is 2.56. The first kappa shape index (κ1) is 13.9. The van der Waals surface area contributed by atoms with Crippen molar-refractivity contribution >= 4 is 12.3 Å². The lowest BCUT2D eigenvalue weighted by atomic mass is 9.66. The molecule has 2 bridgehead atoms. The molecule has 1 aromatic carbocycles. The molecule has 0 heterocycles. The van der Waals surface area contributed by atoms with Crippen molar-refractivity contribution in [2.75, 3.05) is 7.11 Å². The zero-order valence-corrected chi connectivity index (χ0v) is 12.0. The number of ether oxygens (including phenoxy) is 2. The van der Waals surface area contributed by atoms with Crippen molar-refractivity contribution in [3.63, 3.8) is 0 Å². The Labute approximate surface area is 123 Å². The lowest BCUT2D eigenvalue weighted by molar-refractivity contribution is -0.135. The molecule has 4 rings (SSSR count). The van der Waals surface area contributed by atoms with Gasteiger partial charge in [-0.05, 0) is 43.0 Å². The van der Waals surface area contributed by atoms with E-state index in [-0.39, 0.29) is 5.92 Å². The molecule has 4 nitrogen and oxygen atoms in total. The van der Waals surface area contributed by atoms with Gasteiger partial charge in [-0.25, -0.2) is 4.79 Å². The van der Waals surface area contributed by atoms with Crippen molar-refractivity contribution in [3.8, 4) is 5.75 Å². The first-order valence-electron chi connectivity index (χ1n) is 7.19. The number of hydrogen-bond acceptors (Lipinski definition) is 4. The molecular formula is C17H18O4. The zero-order valence-electron chi connectivity index (χ0n) is 12.0. The number of aldehydes is 1. The van der Waals surface area contributed by atoms with E-state index in [4.69, 9.17) is 9.47 Å². The second-order valence-corrected chi connectivity index (χ2v) is 5.72. The van der Waals surface area contributed by atoms with Crippen LogP contribution in [0.4, 0.5) is 0 Å². The molecule has 0 N–H and O–H groups in total. The predicted octanol–water partition coefficient (Wildman–Crippen LogP) is 2.78. The summed E-state index contributed by atoms with van der Waals surface area (Å²) in [5.74, 6) is 0.563. The van der Waals surface area contributed by atoms with Gasteiger partial charge < -0.3 is 9.47 Å². The fraction of sp³-hybridized carbons (Fsp3) is 0.412. The van der Waals surface area contributed by atoms with Crippen molar-refractivity contribution in [1.82, 2.24) is 0 Å². The Morgan fingerprint density at radius 3 is 2.48 bits per heavy atom. The van der Waals surface area contributed by atoms with E-state index < -0.39 is 11.6 Å². The third kappa shape index (κ3) is 2.46. The Morgan fingerprint density at radius 2 is 2.00 bits per heavy atom. The third-order valence-electron chi connectivity index (χ3n) is 4.48. The van der Waals surface area contributed by atoms with Crippen molar-refractivity contribution in [2.24, 2.45) is 11.8 Å². The van der Waals surface area contributed by atoms with Gasteiger partial charge in [0.1, 0.15) is 5.75 Å². The number of esters is 1. The maximum atomic E-state index is 12.3. The minimum atomic E-state index is -0.991. The van der Waals surface area contributed by atoms with Crippen LogP contribution < -0.4 is 4.74 Å². The smallest absolute Gasteiger partial charge is 0.339 e. The van der Waals surface area contributed by atoms with Gasteiger partial charge in [-0.3, -0.25) is 4.79 Å². The summed E-state index contributed by atoms with van der Waals surface area (Å²) in [6.45, 7) is 0.